The Hall–Kier alpha value is -1.92. The lowest BCUT2D eigenvalue weighted by molar-refractivity contribution is -0.134. The largest absolute Gasteiger partial charge is 0.443 e. The molecular weight excluding hydrogens is 360 g/mol. The topological polar surface area (TPSA) is 72.6 Å². The lowest BCUT2D eigenvalue weighted by Crippen LogP contribution is -2.51. The van der Waals surface area contributed by atoms with E-state index in [2.05, 4.69) is 6.07 Å². The van der Waals surface area contributed by atoms with Crippen molar-refractivity contribution >= 4 is 33.4 Å². The fraction of sp³-hybridized carbons (Fsp3) is 0.524. The summed E-state index contributed by atoms with van der Waals surface area (Å²) in [6.45, 7) is 13.0. The van der Waals surface area contributed by atoms with Crippen molar-refractivity contribution < 1.29 is 14.3 Å². The lowest BCUT2D eigenvalue weighted by Gasteiger charge is -2.32. The Morgan fingerprint density at radius 3 is 2.26 bits per heavy atom. The van der Waals surface area contributed by atoms with Crippen LogP contribution in [0.4, 0.5) is 4.79 Å². The molecule has 2 atom stereocenters. The lowest BCUT2D eigenvalue weighted by atomic mass is 10.0. The highest BCUT2D eigenvalue weighted by Crippen LogP contribution is 2.37. The van der Waals surface area contributed by atoms with E-state index in [0.29, 0.717) is 0 Å². The predicted molar refractivity (Wildman–Crippen MR) is 111 cm³/mol. The highest BCUT2D eigenvalue weighted by molar-refractivity contribution is 7.19. The maximum Gasteiger partial charge on any atom is 0.417 e. The fourth-order valence-electron chi connectivity index (χ4n) is 2.90. The molecule has 0 aliphatic heterocycles. The van der Waals surface area contributed by atoms with Crippen molar-refractivity contribution in [2.45, 2.75) is 66.2 Å². The van der Waals surface area contributed by atoms with Gasteiger partial charge in [0.05, 0.1) is 12.1 Å². The van der Waals surface area contributed by atoms with Crippen LogP contribution in [-0.4, -0.2) is 28.5 Å². The van der Waals surface area contributed by atoms with Crippen LogP contribution in [0.25, 0.3) is 10.1 Å². The van der Waals surface area contributed by atoms with E-state index in [9.17, 15) is 9.59 Å². The number of carbonyl (C=O) groups is 2. The van der Waals surface area contributed by atoms with E-state index >= 15 is 0 Å². The number of nitrogens with two attached hydrogens (primary N) is 1. The minimum atomic E-state index is -0.769. The summed E-state index contributed by atoms with van der Waals surface area (Å²) in [6, 6.07) is 6.84. The average Bonchev–Trinajstić information content (AvgIpc) is 2.89. The zero-order chi connectivity index (χ0) is 20.5. The van der Waals surface area contributed by atoms with Gasteiger partial charge in [0, 0.05) is 9.58 Å². The van der Waals surface area contributed by atoms with Gasteiger partial charge in [-0.05, 0) is 57.6 Å². The first-order valence-corrected chi connectivity index (χ1v) is 10.1. The summed E-state index contributed by atoms with van der Waals surface area (Å²) >= 11 is 1.59. The molecule has 0 saturated carbocycles. The van der Waals surface area contributed by atoms with Gasteiger partial charge in [-0.15, -0.1) is 11.3 Å². The van der Waals surface area contributed by atoms with Crippen molar-refractivity contribution in [3.05, 3.63) is 34.7 Å². The number of carbonyl (C=O) groups excluding carboxylic acids is 2. The molecule has 0 aliphatic carbocycles. The Morgan fingerprint density at radius 2 is 1.74 bits per heavy atom. The Kier molecular flexibility index (Phi) is 6.32. The zero-order valence-electron chi connectivity index (χ0n) is 17.2. The Labute approximate surface area is 165 Å². The molecule has 5 nitrogen and oxygen atoms in total. The van der Waals surface area contributed by atoms with E-state index in [1.807, 2.05) is 45.9 Å². The number of hydrogen-bond donors (Lipinski definition) is 1. The normalized spacial score (nSPS) is 14.3. The van der Waals surface area contributed by atoms with E-state index in [-0.39, 0.29) is 5.92 Å². The molecule has 1 aromatic carbocycles. The van der Waals surface area contributed by atoms with Crippen LogP contribution in [0.15, 0.2) is 24.3 Å². The number of nitrogens with zero attached hydrogens (tertiary/aromatic N) is 1. The molecule has 1 aromatic heterocycles. The molecular formula is C21H30N2O3S. The summed E-state index contributed by atoms with van der Waals surface area (Å²) in [5.41, 5.74) is 6.47. The molecule has 0 radical (unpaired) electrons. The molecule has 0 saturated heterocycles. The number of benzene rings is 1. The summed E-state index contributed by atoms with van der Waals surface area (Å²) in [6.07, 6.45) is -0.659. The van der Waals surface area contributed by atoms with E-state index < -0.39 is 29.7 Å². The summed E-state index contributed by atoms with van der Waals surface area (Å²) in [5.74, 6) is -0.498. The molecule has 27 heavy (non-hydrogen) atoms. The Bertz CT molecular complexity index is 836. The van der Waals surface area contributed by atoms with E-state index in [4.69, 9.17) is 10.5 Å². The fourth-order valence-corrected chi connectivity index (χ4v) is 4.16. The monoisotopic (exact) mass is 390 g/mol. The highest BCUT2D eigenvalue weighted by atomic mass is 32.1. The summed E-state index contributed by atoms with van der Waals surface area (Å²) in [5, 5.41) is 1.13. The average molecular weight is 391 g/mol. The van der Waals surface area contributed by atoms with Crippen LogP contribution >= 0.6 is 11.3 Å². The van der Waals surface area contributed by atoms with Crippen LogP contribution in [0.2, 0.25) is 0 Å². The number of thiophene rings is 1. The number of fused-ring (bicyclic) bond motifs is 1. The standard InChI is InChI=1S/C21H30N2O3S/c1-12(2)17(22)19(24)23(20(25)26-21(5,6)7)14(4)18-13(3)15-10-8-9-11-16(15)27-18/h8-12,14,17H,22H2,1-7H3/t14?,17-/m0/s1. The second-order valence-electron chi connectivity index (χ2n) is 8.22. The van der Waals surface area contributed by atoms with E-state index in [1.54, 1.807) is 32.1 Å². The van der Waals surface area contributed by atoms with Crippen LogP contribution in [0.1, 0.15) is 58.0 Å². The number of imide groups is 1. The van der Waals surface area contributed by atoms with Crippen molar-refractivity contribution in [3.63, 3.8) is 0 Å². The van der Waals surface area contributed by atoms with Gasteiger partial charge in [-0.3, -0.25) is 4.79 Å². The molecule has 6 heteroatoms. The quantitative estimate of drug-likeness (QED) is 0.796. The van der Waals surface area contributed by atoms with Crippen LogP contribution in [0.3, 0.4) is 0 Å². The van der Waals surface area contributed by atoms with Gasteiger partial charge in [0.2, 0.25) is 5.91 Å². The predicted octanol–water partition coefficient (Wildman–Crippen LogP) is 5.02. The van der Waals surface area contributed by atoms with Crippen molar-refractivity contribution in [1.82, 2.24) is 4.90 Å². The SMILES string of the molecule is Cc1c(C(C)N(C(=O)OC(C)(C)C)C(=O)[C@@H](N)C(C)C)sc2ccccc12. The molecule has 0 spiro atoms. The first-order chi connectivity index (χ1) is 12.4. The summed E-state index contributed by atoms with van der Waals surface area (Å²) in [4.78, 5) is 28.1. The second-order valence-corrected chi connectivity index (χ2v) is 9.31. The number of aryl methyl sites for hydroxylation is 1. The van der Waals surface area contributed by atoms with Gasteiger partial charge in [0.1, 0.15) is 5.60 Å². The van der Waals surface area contributed by atoms with Crippen molar-refractivity contribution in [1.29, 1.82) is 0 Å². The molecule has 0 bridgehead atoms. The highest BCUT2D eigenvalue weighted by Gasteiger charge is 2.37. The van der Waals surface area contributed by atoms with Crippen LogP contribution in [0.5, 0.6) is 0 Å². The summed E-state index contributed by atoms with van der Waals surface area (Å²) < 4.78 is 6.65. The molecule has 0 fully saturated rings. The van der Waals surface area contributed by atoms with Gasteiger partial charge in [0.25, 0.3) is 0 Å². The molecule has 0 aliphatic rings. The van der Waals surface area contributed by atoms with Gasteiger partial charge in [-0.1, -0.05) is 32.0 Å². The Morgan fingerprint density at radius 1 is 1.15 bits per heavy atom. The van der Waals surface area contributed by atoms with E-state index in [1.165, 1.54) is 4.90 Å². The van der Waals surface area contributed by atoms with Gasteiger partial charge in [-0.2, -0.15) is 0 Å². The maximum absolute atomic E-state index is 13.1. The number of rotatable bonds is 4. The van der Waals surface area contributed by atoms with Gasteiger partial charge >= 0.3 is 6.09 Å². The third-order valence-corrected chi connectivity index (χ3v) is 5.92. The molecule has 148 valence electrons. The second kappa shape index (κ2) is 7.98. The molecule has 2 N–H and O–H groups in total. The summed E-state index contributed by atoms with van der Waals surface area (Å²) in [7, 11) is 0. The van der Waals surface area contributed by atoms with Crippen LogP contribution in [-0.2, 0) is 9.53 Å². The van der Waals surface area contributed by atoms with Crippen LogP contribution in [0, 0.1) is 12.8 Å². The zero-order valence-corrected chi connectivity index (χ0v) is 18.0. The number of hydrogen-bond acceptors (Lipinski definition) is 5. The molecule has 1 unspecified atom stereocenters. The van der Waals surface area contributed by atoms with Crippen molar-refractivity contribution in [2.24, 2.45) is 11.7 Å². The number of ether oxygens (including phenoxy) is 1. The molecule has 2 aromatic rings. The molecule has 2 amide bonds. The molecule has 1 heterocycles. The molecule has 2 rings (SSSR count). The minimum absolute atomic E-state index is 0.0851. The minimum Gasteiger partial charge on any atom is -0.443 e. The van der Waals surface area contributed by atoms with Crippen molar-refractivity contribution in [2.75, 3.05) is 0 Å². The third kappa shape index (κ3) is 4.68. The van der Waals surface area contributed by atoms with Gasteiger partial charge in [-0.25, -0.2) is 9.69 Å². The van der Waals surface area contributed by atoms with Crippen LogP contribution < -0.4 is 5.73 Å². The Balaban J connectivity index is 2.48. The first-order valence-electron chi connectivity index (χ1n) is 9.23. The third-order valence-electron chi connectivity index (χ3n) is 4.48. The maximum atomic E-state index is 13.1. The van der Waals surface area contributed by atoms with Gasteiger partial charge < -0.3 is 10.5 Å². The van der Waals surface area contributed by atoms with Gasteiger partial charge in [0.15, 0.2) is 0 Å². The van der Waals surface area contributed by atoms with Crippen molar-refractivity contribution in [3.8, 4) is 0 Å². The first kappa shape index (κ1) is 21.4. The smallest absolute Gasteiger partial charge is 0.417 e. The van der Waals surface area contributed by atoms with E-state index in [0.717, 1.165) is 20.5 Å². The number of amides is 2.